The van der Waals surface area contributed by atoms with Gasteiger partial charge in [0.25, 0.3) is 6.43 Å². The fraction of sp³-hybridized carbons (Fsp3) is 0.100. The monoisotopic (exact) mass is 197 g/mol. The molecule has 0 atom stereocenters. The molecule has 0 spiro atoms. The van der Waals surface area contributed by atoms with Crippen LogP contribution in [-0.2, 0) is 0 Å². The number of nitriles is 1. The molecule has 0 aliphatic rings. The van der Waals surface area contributed by atoms with Crippen LogP contribution in [0, 0.1) is 11.3 Å². The van der Waals surface area contributed by atoms with Gasteiger partial charge >= 0.3 is 0 Å². The molecule has 4 heteroatoms. The minimum absolute atomic E-state index is 0.0847. The molecule has 1 rings (SSSR count). The average Bonchev–Trinajstić information content (AvgIpc) is 2.19. The van der Waals surface area contributed by atoms with Crippen molar-refractivity contribution in [3.63, 3.8) is 0 Å². The van der Waals surface area contributed by atoms with E-state index in [1.54, 1.807) is 0 Å². The fourth-order valence-electron chi connectivity index (χ4n) is 0.974. The highest BCUT2D eigenvalue weighted by atomic mass is 19.3. The van der Waals surface area contributed by atoms with Gasteiger partial charge in [0.05, 0.1) is 23.5 Å². The molecule has 1 aromatic carbocycles. The van der Waals surface area contributed by atoms with Gasteiger partial charge in [-0.1, -0.05) is 12.1 Å². The van der Waals surface area contributed by atoms with Crippen LogP contribution in [0.2, 0.25) is 0 Å². The third kappa shape index (κ3) is 2.13. The molecule has 0 unspecified atom stereocenters. The molecule has 0 radical (unpaired) electrons. The van der Waals surface area contributed by atoms with Crippen LogP contribution in [0.3, 0.4) is 0 Å². The topological polar surface area (TPSA) is 23.8 Å². The van der Waals surface area contributed by atoms with Crippen LogP contribution in [0.4, 0.5) is 13.2 Å². The van der Waals surface area contributed by atoms with E-state index in [2.05, 4.69) is 0 Å². The van der Waals surface area contributed by atoms with Gasteiger partial charge in [-0.15, -0.1) is 0 Å². The zero-order valence-corrected chi connectivity index (χ0v) is 7.05. The highest BCUT2D eigenvalue weighted by molar-refractivity contribution is 5.67. The Hall–Kier alpha value is -1.76. The van der Waals surface area contributed by atoms with Crippen molar-refractivity contribution in [2.24, 2.45) is 0 Å². The van der Waals surface area contributed by atoms with Gasteiger partial charge in [0, 0.05) is 0 Å². The van der Waals surface area contributed by atoms with E-state index in [4.69, 9.17) is 5.26 Å². The minimum Gasteiger partial charge on any atom is -0.215 e. The first-order chi connectivity index (χ1) is 6.69. The van der Waals surface area contributed by atoms with Crippen molar-refractivity contribution in [1.82, 2.24) is 0 Å². The van der Waals surface area contributed by atoms with Gasteiger partial charge in [0.1, 0.15) is 0 Å². The maximum Gasteiger partial charge on any atom is 0.266 e. The molecule has 14 heavy (non-hydrogen) atoms. The molecular weight excluding hydrogens is 191 g/mol. The first-order valence-electron chi connectivity index (χ1n) is 3.78. The van der Waals surface area contributed by atoms with E-state index in [9.17, 15) is 13.2 Å². The number of alkyl halides is 2. The van der Waals surface area contributed by atoms with Gasteiger partial charge < -0.3 is 0 Å². The molecule has 0 amide bonds. The molecule has 0 fully saturated rings. The van der Waals surface area contributed by atoms with Crippen LogP contribution in [0.5, 0.6) is 0 Å². The van der Waals surface area contributed by atoms with E-state index in [0.29, 0.717) is 5.56 Å². The van der Waals surface area contributed by atoms with Crippen LogP contribution in [0.1, 0.15) is 11.1 Å². The lowest BCUT2D eigenvalue weighted by molar-refractivity contribution is 0.214. The standard InChI is InChI=1S/C10H6F3N/c11-5-9(10(12)13)8-3-1-7(6-14)2-4-8/h1-5,10H. The third-order valence-electron chi connectivity index (χ3n) is 1.70. The smallest absolute Gasteiger partial charge is 0.215 e. The number of allylic oxidation sites excluding steroid dienone is 1. The summed E-state index contributed by atoms with van der Waals surface area (Å²) in [5.41, 5.74) is -0.239. The van der Waals surface area contributed by atoms with Crippen molar-refractivity contribution in [3.05, 3.63) is 41.7 Å². The SMILES string of the molecule is N#Cc1ccc(C(=CF)C(F)F)cc1. The summed E-state index contributed by atoms with van der Waals surface area (Å²) < 4.78 is 36.5. The highest BCUT2D eigenvalue weighted by Gasteiger charge is 2.13. The van der Waals surface area contributed by atoms with E-state index in [1.165, 1.54) is 24.3 Å². The molecule has 0 bridgehead atoms. The van der Waals surface area contributed by atoms with Crippen LogP contribution in [0.15, 0.2) is 30.6 Å². The van der Waals surface area contributed by atoms with Crippen LogP contribution in [-0.4, -0.2) is 6.43 Å². The molecule has 0 aliphatic heterocycles. The summed E-state index contributed by atoms with van der Waals surface area (Å²) in [6.07, 6.45) is -2.97. The molecular formula is C10H6F3N. The predicted octanol–water partition coefficient (Wildman–Crippen LogP) is 3.13. The van der Waals surface area contributed by atoms with Crippen LogP contribution < -0.4 is 0 Å². The fourth-order valence-corrected chi connectivity index (χ4v) is 0.974. The Balaban J connectivity index is 3.03. The van der Waals surface area contributed by atoms with Crippen molar-refractivity contribution in [3.8, 4) is 6.07 Å². The summed E-state index contributed by atoms with van der Waals surface area (Å²) in [6.45, 7) is 0. The van der Waals surface area contributed by atoms with Crippen LogP contribution in [0.25, 0.3) is 5.57 Å². The molecule has 0 aliphatic carbocycles. The minimum atomic E-state index is -2.85. The average molecular weight is 197 g/mol. The lowest BCUT2D eigenvalue weighted by atomic mass is 10.1. The zero-order chi connectivity index (χ0) is 10.6. The second-order valence-electron chi connectivity index (χ2n) is 2.55. The molecule has 1 nitrogen and oxygen atoms in total. The first kappa shape index (κ1) is 10.3. The van der Waals surface area contributed by atoms with E-state index in [-0.39, 0.29) is 11.9 Å². The largest absolute Gasteiger partial charge is 0.266 e. The summed E-state index contributed by atoms with van der Waals surface area (Å²) in [5, 5.41) is 8.45. The lowest BCUT2D eigenvalue weighted by Gasteiger charge is -2.03. The normalized spacial score (nSPS) is 11.5. The zero-order valence-electron chi connectivity index (χ0n) is 7.05. The summed E-state index contributed by atoms with van der Waals surface area (Å²) in [7, 11) is 0. The third-order valence-corrected chi connectivity index (χ3v) is 1.70. The Morgan fingerprint density at radius 3 is 2.21 bits per heavy atom. The van der Waals surface area contributed by atoms with Gasteiger partial charge in [-0.2, -0.15) is 5.26 Å². The second-order valence-corrected chi connectivity index (χ2v) is 2.55. The van der Waals surface area contributed by atoms with Gasteiger partial charge in [0.2, 0.25) is 0 Å². The van der Waals surface area contributed by atoms with Crippen molar-refractivity contribution >= 4 is 5.57 Å². The first-order valence-corrected chi connectivity index (χ1v) is 3.78. The molecule has 0 N–H and O–H groups in total. The molecule has 0 heterocycles. The van der Waals surface area contributed by atoms with Crippen molar-refractivity contribution in [2.45, 2.75) is 6.43 Å². The molecule has 0 saturated heterocycles. The summed E-state index contributed by atoms with van der Waals surface area (Å²) in [4.78, 5) is 0. The predicted molar refractivity (Wildman–Crippen MR) is 46.2 cm³/mol. The summed E-state index contributed by atoms with van der Waals surface area (Å²) >= 11 is 0. The van der Waals surface area contributed by atoms with Crippen molar-refractivity contribution < 1.29 is 13.2 Å². The van der Waals surface area contributed by atoms with Gasteiger partial charge in [-0.25, -0.2) is 13.2 Å². The van der Waals surface area contributed by atoms with Gasteiger partial charge in [-0.3, -0.25) is 0 Å². The van der Waals surface area contributed by atoms with Gasteiger partial charge in [0.15, 0.2) is 0 Å². The molecule has 0 aromatic heterocycles. The van der Waals surface area contributed by atoms with Crippen LogP contribution >= 0.6 is 0 Å². The van der Waals surface area contributed by atoms with Crippen molar-refractivity contribution in [2.75, 3.05) is 0 Å². The second kappa shape index (κ2) is 4.47. The van der Waals surface area contributed by atoms with Crippen molar-refractivity contribution in [1.29, 1.82) is 5.26 Å². The maximum absolute atomic E-state index is 12.2. The van der Waals surface area contributed by atoms with E-state index in [0.717, 1.165) is 0 Å². The maximum atomic E-state index is 12.2. The van der Waals surface area contributed by atoms with Gasteiger partial charge in [-0.05, 0) is 17.7 Å². The van der Waals surface area contributed by atoms with E-state index < -0.39 is 12.0 Å². The molecule has 72 valence electrons. The Bertz CT molecular complexity index is 373. The lowest BCUT2D eigenvalue weighted by Crippen LogP contribution is -1.95. The molecule has 1 aromatic rings. The highest BCUT2D eigenvalue weighted by Crippen LogP contribution is 2.22. The number of benzene rings is 1. The Morgan fingerprint density at radius 1 is 1.29 bits per heavy atom. The Labute approximate surface area is 79.1 Å². The molecule has 0 saturated carbocycles. The summed E-state index contributed by atoms with van der Waals surface area (Å²) in [5.74, 6) is 0. The van der Waals surface area contributed by atoms with E-state index in [1.807, 2.05) is 6.07 Å². The quantitative estimate of drug-likeness (QED) is 0.714. The number of halogens is 3. The number of hydrogen-bond acceptors (Lipinski definition) is 1. The number of hydrogen-bond donors (Lipinski definition) is 0. The summed E-state index contributed by atoms with van der Waals surface area (Å²) in [6, 6.07) is 7.14. The number of nitrogens with zero attached hydrogens (tertiary/aromatic N) is 1. The number of rotatable bonds is 2. The Morgan fingerprint density at radius 2 is 1.86 bits per heavy atom. The Kier molecular flexibility index (Phi) is 3.29. The van der Waals surface area contributed by atoms with E-state index >= 15 is 0 Å².